The molecule has 0 aliphatic heterocycles. The summed E-state index contributed by atoms with van der Waals surface area (Å²) in [5.74, 6) is -1.03. The second-order valence-electron chi connectivity index (χ2n) is 5.10. The van der Waals surface area contributed by atoms with Crippen molar-refractivity contribution < 1.29 is 27.7 Å². The van der Waals surface area contributed by atoms with E-state index in [9.17, 15) is 32.9 Å². The largest absolute Gasteiger partial charge is 0.417 e. The lowest BCUT2D eigenvalue weighted by Crippen LogP contribution is -2.19. The fraction of sp³-hybridized carbons (Fsp3) is 0.125. The van der Waals surface area contributed by atoms with Crippen LogP contribution in [0, 0.1) is 10.1 Å². The summed E-state index contributed by atoms with van der Waals surface area (Å²) in [6.45, 7) is 0. The second-order valence-corrected chi connectivity index (χ2v) is 5.51. The van der Waals surface area contributed by atoms with Crippen LogP contribution in [-0.2, 0) is 11.0 Å². The first-order chi connectivity index (χ1) is 12.1. The number of nitrogens with zero attached hydrogens (tertiary/aromatic N) is 1. The van der Waals surface area contributed by atoms with E-state index in [2.05, 4.69) is 5.32 Å². The normalized spacial score (nSPS) is 12.3. The highest BCUT2D eigenvalue weighted by Gasteiger charge is 2.35. The standard InChI is InChI=1S/C16H10ClF3N2O4/c17-13-7-9(5-6-11(13)14(8-23)22(25)26)21-15(24)10-3-1-2-4-12(10)16(18,19)20/h1-8,14H,(H,21,24). The highest BCUT2D eigenvalue weighted by molar-refractivity contribution is 6.32. The van der Waals surface area contributed by atoms with E-state index < -0.39 is 34.2 Å². The van der Waals surface area contributed by atoms with Gasteiger partial charge < -0.3 is 5.32 Å². The lowest BCUT2D eigenvalue weighted by atomic mass is 10.1. The molecule has 1 unspecified atom stereocenters. The maximum absolute atomic E-state index is 13.0. The van der Waals surface area contributed by atoms with Gasteiger partial charge in [-0.1, -0.05) is 23.7 Å². The molecular formula is C16H10ClF3N2O4. The van der Waals surface area contributed by atoms with E-state index in [1.807, 2.05) is 0 Å². The number of nitro groups is 1. The van der Waals surface area contributed by atoms with Crippen LogP contribution in [0.3, 0.4) is 0 Å². The monoisotopic (exact) mass is 386 g/mol. The first kappa shape index (κ1) is 19.4. The maximum atomic E-state index is 13.0. The Bertz CT molecular complexity index is 871. The Morgan fingerprint density at radius 2 is 1.88 bits per heavy atom. The predicted molar refractivity (Wildman–Crippen MR) is 86.6 cm³/mol. The molecule has 2 rings (SSSR count). The summed E-state index contributed by atoms with van der Waals surface area (Å²) >= 11 is 5.89. The lowest BCUT2D eigenvalue weighted by molar-refractivity contribution is -0.511. The van der Waals surface area contributed by atoms with Crippen molar-refractivity contribution in [2.24, 2.45) is 0 Å². The highest BCUT2D eigenvalue weighted by atomic mass is 35.5. The summed E-state index contributed by atoms with van der Waals surface area (Å²) in [6, 6.07) is 6.02. The van der Waals surface area contributed by atoms with E-state index in [4.69, 9.17) is 11.6 Å². The number of benzene rings is 2. The number of nitrogens with one attached hydrogen (secondary N) is 1. The molecule has 0 heterocycles. The van der Waals surface area contributed by atoms with Crippen molar-refractivity contribution in [3.8, 4) is 0 Å². The van der Waals surface area contributed by atoms with E-state index in [1.54, 1.807) is 0 Å². The fourth-order valence-electron chi connectivity index (χ4n) is 2.21. The maximum Gasteiger partial charge on any atom is 0.417 e. The van der Waals surface area contributed by atoms with E-state index >= 15 is 0 Å². The van der Waals surface area contributed by atoms with Gasteiger partial charge in [0.15, 0.2) is 6.29 Å². The third-order valence-corrected chi connectivity index (χ3v) is 3.74. The zero-order chi connectivity index (χ0) is 19.5. The molecule has 0 spiro atoms. The Morgan fingerprint density at radius 1 is 1.23 bits per heavy atom. The molecule has 1 N–H and O–H groups in total. The molecule has 2 aromatic rings. The minimum Gasteiger partial charge on any atom is -0.322 e. The van der Waals surface area contributed by atoms with Gasteiger partial charge in [-0.15, -0.1) is 0 Å². The average Bonchev–Trinajstić information content (AvgIpc) is 2.56. The van der Waals surface area contributed by atoms with Crippen LogP contribution in [0.15, 0.2) is 42.5 Å². The van der Waals surface area contributed by atoms with Crippen LogP contribution in [0.25, 0.3) is 0 Å². The quantitative estimate of drug-likeness (QED) is 0.475. The summed E-state index contributed by atoms with van der Waals surface area (Å²) in [7, 11) is 0. The van der Waals surface area contributed by atoms with Gasteiger partial charge >= 0.3 is 6.18 Å². The molecule has 0 saturated heterocycles. The molecule has 26 heavy (non-hydrogen) atoms. The smallest absolute Gasteiger partial charge is 0.322 e. The third-order valence-electron chi connectivity index (χ3n) is 3.41. The molecule has 1 atom stereocenters. The molecule has 0 aliphatic carbocycles. The van der Waals surface area contributed by atoms with Gasteiger partial charge in [0.1, 0.15) is 0 Å². The van der Waals surface area contributed by atoms with E-state index in [-0.39, 0.29) is 22.6 Å². The summed E-state index contributed by atoms with van der Waals surface area (Å²) in [6.07, 6.45) is -4.61. The number of carbonyl (C=O) groups excluding carboxylic acids is 2. The average molecular weight is 387 g/mol. The van der Waals surface area contributed by atoms with Crippen LogP contribution < -0.4 is 5.32 Å². The van der Waals surface area contributed by atoms with Crippen LogP contribution in [-0.4, -0.2) is 17.1 Å². The molecule has 136 valence electrons. The minimum atomic E-state index is -4.71. The van der Waals surface area contributed by atoms with Crippen LogP contribution in [0.1, 0.15) is 27.5 Å². The van der Waals surface area contributed by atoms with Crippen LogP contribution in [0.2, 0.25) is 5.02 Å². The van der Waals surface area contributed by atoms with Crippen molar-refractivity contribution in [1.29, 1.82) is 0 Å². The minimum absolute atomic E-state index is 0.0220. The number of aldehydes is 1. The van der Waals surface area contributed by atoms with Crippen LogP contribution in [0.4, 0.5) is 18.9 Å². The van der Waals surface area contributed by atoms with Gasteiger partial charge in [0, 0.05) is 10.6 Å². The van der Waals surface area contributed by atoms with E-state index in [0.717, 1.165) is 30.3 Å². The van der Waals surface area contributed by atoms with Crippen molar-refractivity contribution in [1.82, 2.24) is 0 Å². The summed E-state index contributed by atoms with van der Waals surface area (Å²) in [4.78, 5) is 32.9. The van der Waals surface area contributed by atoms with Crippen molar-refractivity contribution >= 4 is 29.5 Å². The SMILES string of the molecule is O=CC(c1ccc(NC(=O)c2ccccc2C(F)(F)F)cc1Cl)[N+](=O)[O-]. The predicted octanol–water partition coefficient (Wildman–Crippen LogP) is 4.13. The van der Waals surface area contributed by atoms with E-state index in [0.29, 0.717) is 0 Å². The Balaban J connectivity index is 2.30. The fourth-order valence-corrected chi connectivity index (χ4v) is 2.50. The van der Waals surface area contributed by atoms with Gasteiger partial charge in [-0.05, 0) is 30.3 Å². The van der Waals surface area contributed by atoms with Gasteiger partial charge in [-0.25, -0.2) is 0 Å². The molecule has 0 bridgehead atoms. The Kier molecular flexibility index (Phi) is 5.61. The number of amides is 1. The van der Waals surface area contributed by atoms with Crippen molar-refractivity contribution in [3.05, 3.63) is 74.3 Å². The zero-order valence-corrected chi connectivity index (χ0v) is 13.5. The van der Waals surface area contributed by atoms with Crippen LogP contribution in [0.5, 0.6) is 0 Å². The van der Waals surface area contributed by atoms with Crippen molar-refractivity contribution in [2.45, 2.75) is 12.2 Å². The Labute approximate surface area is 149 Å². The number of hydrogen-bond donors (Lipinski definition) is 1. The Morgan fingerprint density at radius 3 is 2.42 bits per heavy atom. The number of alkyl halides is 3. The van der Waals surface area contributed by atoms with Gasteiger partial charge in [0.25, 0.3) is 11.9 Å². The molecule has 0 radical (unpaired) electrons. The summed E-state index contributed by atoms with van der Waals surface area (Å²) in [5, 5.41) is 12.9. The molecule has 10 heteroatoms. The van der Waals surface area contributed by atoms with E-state index in [1.165, 1.54) is 12.1 Å². The Hall–Kier alpha value is -2.94. The molecule has 1 amide bonds. The first-order valence-electron chi connectivity index (χ1n) is 7.01. The number of anilines is 1. The summed E-state index contributed by atoms with van der Waals surface area (Å²) < 4.78 is 38.9. The van der Waals surface area contributed by atoms with Gasteiger partial charge in [0.05, 0.1) is 21.7 Å². The third kappa shape index (κ3) is 4.17. The highest BCUT2D eigenvalue weighted by Crippen LogP contribution is 2.32. The number of carbonyl (C=O) groups is 2. The number of hydrogen-bond acceptors (Lipinski definition) is 4. The number of halogens is 4. The van der Waals surface area contributed by atoms with Crippen molar-refractivity contribution in [3.63, 3.8) is 0 Å². The number of rotatable bonds is 5. The molecule has 6 nitrogen and oxygen atoms in total. The summed E-state index contributed by atoms with van der Waals surface area (Å²) in [5.41, 5.74) is -1.76. The molecule has 2 aromatic carbocycles. The topological polar surface area (TPSA) is 89.3 Å². The van der Waals surface area contributed by atoms with Gasteiger partial charge in [0.2, 0.25) is 0 Å². The molecule has 0 aromatic heterocycles. The molecule has 0 fully saturated rings. The molecule has 0 aliphatic rings. The lowest BCUT2D eigenvalue weighted by Gasteiger charge is -2.13. The van der Waals surface area contributed by atoms with Crippen molar-refractivity contribution in [2.75, 3.05) is 5.32 Å². The van der Waals surface area contributed by atoms with Crippen LogP contribution >= 0.6 is 11.6 Å². The second kappa shape index (κ2) is 7.52. The molecular weight excluding hydrogens is 377 g/mol. The van der Waals surface area contributed by atoms with Gasteiger partial charge in [-0.2, -0.15) is 13.2 Å². The van der Waals surface area contributed by atoms with Gasteiger partial charge in [-0.3, -0.25) is 19.7 Å². The molecule has 0 saturated carbocycles. The first-order valence-corrected chi connectivity index (χ1v) is 7.38. The zero-order valence-electron chi connectivity index (χ0n) is 12.8.